The van der Waals surface area contributed by atoms with E-state index in [0.717, 1.165) is 42.9 Å². The average Bonchev–Trinajstić information content (AvgIpc) is 3.44. The molecule has 3 heterocycles. The van der Waals surface area contributed by atoms with E-state index < -0.39 is 0 Å². The maximum Gasteiger partial charge on any atom is 0.270 e. The minimum absolute atomic E-state index is 0.124. The maximum atomic E-state index is 13.5. The molecule has 2 aliphatic heterocycles. The van der Waals surface area contributed by atoms with Crippen molar-refractivity contribution >= 4 is 46.1 Å². The second kappa shape index (κ2) is 9.54. The summed E-state index contributed by atoms with van der Waals surface area (Å²) < 4.78 is 2.17. The number of nitrogens with zero attached hydrogens (tertiary/aromatic N) is 4. The van der Waals surface area contributed by atoms with Gasteiger partial charge < -0.3 is 4.90 Å². The molecule has 2 fully saturated rings. The van der Waals surface area contributed by atoms with Crippen LogP contribution in [0.5, 0.6) is 0 Å². The van der Waals surface area contributed by atoms with Crippen LogP contribution in [0.2, 0.25) is 0 Å². The lowest BCUT2D eigenvalue weighted by atomic mass is 10.0. The number of thioether (sulfide) groups is 1. The Labute approximate surface area is 203 Å². The van der Waals surface area contributed by atoms with Crippen LogP contribution >= 0.6 is 24.0 Å². The zero-order valence-corrected chi connectivity index (χ0v) is 20.6. The van der Waals surface area contributed by atoms with Gasteiger partial charge in [0, 0.05) is 25.2 Å². The van der Waals surface area contributed by atoms with Crippen LogP contribution in [0.3, 0.4) is 0 Å². The van der Waals surface area contributed by atoms with Gasteiger partial charge in [-0.05, 0) is 50.8 Å². The standard InChI is InChI=1S/C25H26N4O2S2/c1-4-28-22(27-12-8-9-13-27)19(16(2)20(15-26)23(28)30)14-21-24(31)29(25(32)33-21)17(3)18-10-6-5-7-11-18/h5-7,10-11,14,17H,4,8-9,12-13H2,1-3H3/b21-14+. The normalized spacial score (nSPS) is 18.3. The first-order valence-corrected chi connectivity index (χ1v) is 12.4. The van der Waals surface area contributed by atoms with Crippen LogP contribution in [0.15, 0.2) is 40.0 Å². The Hall–Kier alpha value is -2.89. The van der Waals surface area contributed by atoms with Crippen molar-refractivity contribution in [2.45, 2.75) is 46.2 Å². The second-order valence-electron chi connectivity index (χ2n) is 8.23. The Balaban J connectivity index is 1.83. The first-order valence-electron chi connectivity index (χ1n) is 11.1. The number of hydrogen-bond donors (Lipinski definition) is 0. The van der Waals surface area contributed by atoms with E-state index in [2.05, 4.69) is 11.0 Å². The van der Waals surface area contributed by atoms with Crippen molar-refractivity contribution in [2.75, 3.05) is 18.0 Å². The molecular weight excluding hydrogens is 452 g/mol. The van der Waals surface area contributed by atoms with Gasteiger partial charge in [-0.2, -0.15) is 5.26 Å². The van der Waals surface area contributed by atoms with Gasteiger partial charge in [0.2, 0.25) is 0 Å². The summed E-state index contributed by atoms with van der Waals surface area (Å²) in [5.41, 5.74) is 2.22. The van der Waals surface area contributed by atoms with E-state index in [1.807, 2.05) is 50.3 Å². The Morgan fingerprint density at radius 3 is 2.48 bits per heavy atom. The van der Waals surface area contributed by atoms with Crippen molar-refractivity contribution in [3.8, 4) is 6.07 Å². The van der Waals surface area contributed by atoms with Crippen molar-refractivity contribution in [1.29, 1.82) is 5.26 Å². The second-order valence-corrected chi connectivity index (χ2v) is 9.91. The number of amides is 1. The SMILES string of the molecule is CCn1c(N2CCCC2)c(/C=C2/SC(=S)N(C(C)c3ccccc3)C2=O)c(C)c(C#N)c1=O. The molecule has 1 amide bonds. The number of pyridine rings is 1. The van der Waals surface area contributed by atoms with Crippen LogP contribution < -0.4 is 10.5 Å². The summed E-state index contributed by atoms with van der Waals surface area (Å²) in [6.45, 7) is 7.80. The number of carbonyl (C=O) groups is 1. The highest BCUT2D eigenvalue weighted by atomic mass is 32.2. The van der Waals surface area contributed by atoms with Crippen LogP contribution in [0.25, 0.3) is 6.08 Å². The summed E-state index contributed by atoms with van der Waals surface area (Å²) in [5, 5.41) is 9.70. The van der Waals surface area contributed by atoms with Gasteiger partial charge in [0.25, 0.3) is 11.5 Å². The van der Waals surface area contributed by atoms with Crippen LogP contribution in [0.1, 0.15) is 55.0 Å². The van der Waals surface area contributed by atoms with Crippen LogP contribution in [-0.2, 0) is 11.3 Å². The average molecular weight is 479 g/mol. The number of thiocarbonyl (C=S) groups is 1. The van der Waals surface area contributed by atoms with E-state index in [0.29, 0.717) is 21.3 Å². The smallest absolute Gasteiger partial charge is 0.270 e. The fourth-order valence-corrected chi connectivity index (χ4v) is 5.93. The highest BCUT2D eigenvalue weighted by Gasteiger charge is 2.36. The van der Waals surface area contributed by atoms with Gasteiger partial charge in [0.15, 0.2) is 0 Å². The van der Waals surface area contributed by atoms with Gasteiger partial charge in [-0.1, -0.05) is 54.3 Å². The Morgan fingerprint density at radius 2 is 1.88 bits per heavy atom. The summed E-state index contributed by atoms with van der Waals surface area (Å²) >= 11 is 6.86. The lowest BCUT2D eigenvalue weighted by Crippen LogP contribution is -2.33. The largest absolute Gasteiger partial charge is 0.357 e. The quantitative estimate of drug-likeness (QED) is 0.462. The van der Waals surface area contributed by atoms with Crippen LogP contribution in [-0.4, -0.2) is 32.8 Å². The van der Waals surface area contributed by atoms with Gasteiger partial charge in [0.1, 0.15) is 21.8 Å². The molecule has 2 aliphatic rings. The third kappa shape index (κ3) is 4.11. The predicted molar refractivity (Wildman–Crippen MR) is 137 cm³/mol. The molecule has 0 N–H and O–H groups in total. The lowest BCUT2D eigenvalue weighted by molar-refractivity contribution is -0.123. The van der Waals surface area contributed by atoms with E-state index in [-0.39, 0.29) is 23.1 Å². The first-order chi connectivity index (χ1) is 15.9. The van der Waals surface area contributed by atoms with Gasteiger partial charge >= 0.3 is 0 Å². The van der Waals surface area contributed by atoms with Gasteiger partial charge in [-0.3, -0.25) is 19.1 Å². The molecule has 0 saturated carbocycles. The molecule has 33 heavy (non-hydrogen) atoms. The van der Waals surface area contributed by atoms with Crippen molar-refractivity contribution in [2.24, 2.45) is 0 Å². The van der Waals surface area contributed by atoms with E-state index in [1.54, 1.807) is 16.4 Å². The molecule has 0 bridgehead atoms. The molecule has 1 aromatic carbocycles. The minimum atomic E-state index is -0.276. The number of benzene rings is 1. The van der Waals surface area contributed by atoms with Gasteiger partial charge in [0.05, 0.1) is 10.9 Å². The molecular formula is C25H26N4O2S2. The summed E-state index contributed by atoms with van der Waals surface area (Å²) in [5.74, 6) is 0.638. The van der Waals surface area contributed by atoms with Gasteiger partial charge in [-0.15, -0.1) is 0 Å². The molecule has 2 aromatic rings. The molecule has 1 aromatic heterocycles. The fourth-order valence-electron chi connectivity index (χ4n) is 4.53. The highest BCUT2D eigenvalue weighted by molar-refractivity contribution is 8.26. The number of nitriles is 1. The summed E-state index contributed by atoms with van der Waals surface area (Å²) in [6.07, 6.45) is 3.92. The Bertz CT molecular complexity index is 1240. The molecule has 0 spiro atoms. The van der Waals surface area contributed by atoms with Gasteiger partial charge in [-0.25, -0.2) is 0 Å². The molecule has 0 radical (unpaired) electrons. The molecule has 0 aliphatic carbocycles. The summed E-state index contributed by atoms with van der Waals surface area (Å²) in [7, 11) is 0. The highest BCUT2D eigenvalue weighted by Crippen LogP contribution is 2.40. The van der Waals surface area contributed by atoms with Crippen LogP contribution in [0.4, 0.5) is 5.82 Å². The number of anilines is 1. The van der Waals surface area contributed by atoms with Crippen molar-refractivity contribution in [1.82, 2.24) is 9.47 Å². The number of carbonyl (C=O) groups excluding carboxylic acids is 1. The van der Waals surface area contributed by atoms with Crippen molar-refractivity contribution in [3.63, 3.8) is 0 Å². The summed E-state index contributed by atoms with van der Waals surface area (Å²) in [4.78, 5) is 30.8. The Morgan fingerprint density at radius 1 is 1.21 bits per heavy atom. The van der Waals surface area contributed by atoms with E-state index >= 15 is 0 Å². The number of rotatable bonds is 5. The molecule has 8 heteroatoms. The number of aromatic nitrogens is 1. The Kier molecular flexibility index (Phi) is 6.73. The predicted octanol–water partition coefficient (Wildman–Crippen LogP) is 4.61. The minimum Gasteiger partial charge on any atom is -0.357 e. The molecule has 1 unspecified atom stereocenters. The zero-order valence-electron chi connectivity index (χ0n) is 19.0. The first kappa shape index (κ1) is 23.3. The zero-order chi connectivity index (χ0) is 23.7. The molecule has 170 valence electrons. The lowest BCUT2D eigenvalue weighted by Gasteiger charge is -2.26. The third-order valence-corrected chi connectivity index (χ3v) is 7.67. The fraction of sp³-hybridized carbons (Fsp3) is 0.360. The molecule has 2 saturated heterocycles. The third-order valence-electron chi connectivity index (χ3n) is 6.34. The molecule has 1 atom stereocenters. The topological polar surface area (TPSA) is 69.3 Å². The summed E-state index contributed by atoms with van der Waals surface area (Å²) in [6, 6.07) is 11.7. The van der Waals surface area contributed by atoms with Crippen LogP contribution in [0, 0.1) is 18.3 Å². The van der Waals surface area contributed by atoms with E-state index in [9.17, 15) is 14.9 Å². The van der Waals surface area contributed by atoms with Crippen molar-refractivity contribution < 1.29 is 4.79 Å². The molecule has 6 nitrogen and oxygen atoms in total. The maximum absolute atomic E-state index is 13.5. The number of hydrogen-bond acceptors (Lipinski definition) is 6. The molecule has 4 rings (SSSR count). The monoisotopic (exact) mass is 478 g/mol. The van der Waals surface area contributed by atoms with Crippen molar-refractivity contribution in [3.05, 3.63) is 67.8 Å². The van der Waals surface area contributed by atoms with E-state index in [4.69, 9.17) is 12.2 Å². The van der Waals surface area contributed by atoms with E-state index in [1.165, 1.54) is 11.8 Å².